The Hall–Kier alpha value is -3.32. The Kier molecular flexibility index (Phi) is 3.85. The van der Waals surface area contributed by atoms with Crippen molar-refractivity contribution in [2.45, 2.75) is 38.5 Å². The van der Waals surface area contributed by atoms with Crippen LogP contribution in [0.4, 0.5) is 11.4 Å². The number of fused-ring (bicyclic) bond motifs is 6. The first kappa shape index (κ1) is 19.4. The van der Waals surface area contributed by atoms with Gasteiger partial charge in [-0.2, -0.15) is 0 Å². The Balaban J connectivity index is 1.52. The molecule has 1 nitrogen and oxygen atoms in total. The summed E-state index contributed by atoms with van der Waals surface area (Å²) in [5.41, 5.74) is 13.7. The van der Waals surface area contributed by atoms with Gasteiger partial charge in [0.05, 0.1) is 0 Å². The molecule has 0 aliphatic heterocycles. The van der Waals surface area contributed by atoms with Crippen molar-refractivity contribution < 1.29 is 0 Å². The summed E-state index contributed by atoms with van der Waals surface area (Å²) in [6.07, 6.45) is 0. The molecule has 0 fully saturated rings. The summed E-state index contributed by atoms with van der Waals surface area (Å²) in [6.45, 7) is 9.36. The molecule has 4 aromatic rings. The molecule has 0 aromatic heterocycles. The van der Waals surface area contributed by atoms with E-state index in [0.29, 0.717) is 0 Å². The van der Waals surface area contributed by atoms with Crippen molar-refractivity contribution in [1.29, 1.82) is 0 Å². The molecule has 0 saturated carbocycles. The van der Waals surface area contributed by atoms with Crippen LogP contribution in [0, 0.1) is 0 Å². The predicted molar refractivity (Wildman–Crippen MR) is 136 cm³/mol. The maximum absolute atomic E-state index is 2.38. The summed E-state index contributed by atoms with van der Waals surface area (Å²) in [5.74, 6) is 0. The minimum Gasteiger partial charge on any atom is -0.344 e. The highest BCUT2D eigenvalue weighted by Crippen LogP contribution is 2.53. The van der Waals surface area contributed by atoms with Gasteiger partial charge in [0.25, 0.3) is 0 Å². The Bertz CT molecular complexity index is 1390. The molecule has 0 radical (unpaired) electrons. The molecule has 0 atom stereocenters. The quantitative estimate of drug-likeness (QED) is 0.320. The zero-order valence-electron chi connectivity index (χ0n) is 19.5. The first-order valence-electron chi connectivity index (χ1n) is 11.5. The Morgan fingerprint density at radius 1 is 0.531 bits per heavy atom. The summed E-state index contributed by atoms with van der Waals surface area (Å²) in [7, 11) is 2.21. The van der Waals surface area contributed by atoms with Crippen LogP contribution in [0.3, 0.4) is 0 Å². The van der Waals surface area contributed by atoms with Gasteiger partial charge in [0.1, 0.15) is 0 Å². The highest BCUT2D eigenvalue weighted by atomic mass is 15.1. The zero-order chi connectivity index (χ0) is 22.3. The lowest BCUT2D eigenvalue weighted by molar-refractivity contribution is 0.660. The van der Waals surface area contributed by atoms with Gasteiger partial charge in [-0.3, -0.25) is 0 Å². The van der Waals surface area contributed by atoms with E-state index in [1.807, 2.05) is 0 Å². The van der Waals surface area contributed by atoms with Crippen LogP contribution in [0.25, 0.3) is 22.3 Å². The fourth-order valence-corrected chi connectivity index (χ4v) is 6.07. The molecule has 32 heavy (non-hydrogen) atoms. The SMILES string of the molecule is CN(c1ccc2c(c1)-c1ccccc1C2(C)C)c1cccc2c1-c1ccccc1C2(C)C. The van der Waals surface area contributed by atoms with Crippen LogP contribution < -0.4 is 4.90 Å². The molecular weight excluding hydrogens is 386 g/mol. The van der Waals surface area contributed by atoms with Gasteiger partial charge < -0.3 is 4.90 Å². The van der Waals surface area contributed by atoms with Gasteiger partial charge in [-0.25, -0.2) is 0 Å². The number of anilines is 2. The number of nitrogens with zero attached hydrogens (tertiary/aromatic N) is 1. The molecule has 4 aromatic carbocycles. The van der Waals surface area contributed by atoms with E-state index >= 15 is 0 Å². The van der Waals surface area contributed by atoms with Crippen LogP contribution in [-0.2, 0) is 10.8 Å². The van der Waals surface area contributed by atoms with Crippen molar-refractivity contribution in [2.75, 3.05) is 11.9 Å². The Morgan fingerprint density at radius 2 is 1.09 bits per heavy atom. The van der Waals surface area contributed by atoms with Crippen molar-refractivity contribution in [3.63, 3.8) is 0 Å². The van der Waals surface area contributed by atoms with E-state index in [-0.39, 0.29) is 10.8 Å². The summed E-state index contributed by atoms with van der Waals surface area (Å²) in [5, 5.41) is 0. The van der Waals surface area contributed by atoms with Gasteiger partial charge in [-0.15, -0.1) is 0 Å². The predicted octanol–water partition coefficient (Wildman–Crippen LogP) is 8.07. The number of hydrogen-bond acceptors (Lipinski definition) is 1. The van der Waals surface area contributed by atoms with E-state index in [1.165, 1.54) is 55.9 Å². The summed E-state index contributed by atoms with van der Waals surface area (Å²) in [4.78, 5) is 2.37. The Labute approximate surface area is 191 Å². The molecule has 0 bridgehead atoms. The summed E-state index contributed by atoms with van der Waals surface area (Å²) >= 11 is 0. The molecule has 0 amide bonds. The first-order chi connectivity index (χ1) is 15.3. The second-order valence-electron chi connectivity index (χ2n) is 10.3. The molecule has 0 spiro atoms. The van der Waals surface area contributed by atoms with E-state index in [2.05, 4.69) is 125 Å². The van der Waals surface area contributed by atoms with E-state index < -0.39 is 0 Å². The summed E-state index contributed by atoms with van der Waals surface area (Å²) in [6, 6.07) is 31.5. The molecule has 0 N–H and O–H groups in total. The van der Waals surface area contributed by atoms with Crippen LogP contribution in [0.15, 0.2) is 84.9 Å². The van der Waals surface area contributed by atoms with Crippen LogP contribution >= 0.6 is 0 Å². The zero-order valence-corrected chi connectivity index (χ0v) is 19.5. The fourth-order valence-electron chi connectivity index (χ4n) is 6.07. The standard InChI is InChI=1S/C31H29N/c1-30(2)24-13-8-6-11-21(24)23-19-20(17-18-26(23)30)32(5)28-16-10-15-27-29(28)22-12-7-9-14-25(22)31(27,3)4/h6-19H,1-5H3. The molecule has 6 rings (SSSR count). The van der Waals surface area contributed by atoms with Crippen LogP contribution in [0.1, 0.15) is 49.9 Å². The molecule has 1 heteroatoms. The second-order valence-corrected chi connectivity index (χ2v) is 10.3. The van der Waals surface area contributed by atoms with Gasteiger partial charge in [-0.05, 0) is 57.1 Å². The monoisotopic (exact) mass is 415 g/mol. The van der Waals surface area contributed by atoms with Gasteiger partial charge >= 0.3 is 0 Å². The number of benzene rings is 4. The minimum absolute atomic E-state index is 0.0175. The van der Waals surface area contributed by atoms with Crippen LogP contribution in [-0.4, -0.2) is 7.05 Å². The maximum Gasteiger partial charge on any atom is 0.0491 e. The molecule has 0 unspecified atom stereocenters. The van der Waals surface area contributed by atoms with Crippen molar-refractivity contribution in [3.8, 4) is 22.3 Å². The van der Waals surface area contributed by atoms with Gasteiger partial charge in [0.15, 0.2) is 0 Å². The second kappa shape index (κ2) is 6.36. The van der Waals surface area contributed by atoms with Crippen molar-refractivity contribution in [2.24, 2.45) is 0 Å². The molecule has 2 aliphatic carbocycles. The van der Waals surface area contributed by atoms with E-state index in [0.717, 1.165) is 0 Å². The van der Waals surface area contributed by atoms with E-state index in [4.69, 9.17) is 0 Å². The van der Waals surface area contributed by atoms with Crippen molar-refractivity contribution >= 4 is 11.4 Å². The van der Waals surface area contributed by atoms with Gasteiger partial charge in [0.2, 0.25) is 0 Å². The normalized spacial score (nSPS) is 16.2. The van der Waals surface area contributed by atoms with Crippen LogP contribution in [0.2, 0.25) is 0 Å². The largest absolute Gasteiger partial charge is 0.344 e. The third-order valence-electron chi connectivity index (χ3n) is 7.90. The summed E-state index contributed by atoms with van der Waals surface area (Å²) < 4.78 is 0. The highest BCUT2D eigenvalue weighted by molar-refractivity contribution is 5.92. The molecule has 0 saturated heterocycles. The first-order valence-corrected chi connectivity index (χ1v) is 11.5. The topological polar surface area (TPSA) is 3.24 Å². The smallest absolute Gasteiger partial charge is 0.0491 e. The lowest BCUT2D eigenvalue weighted by Gasteiger charge is -2.26. The third kappa shape index (κ3) is 2.40. The fraction of sp³-hybridized carbons (Fsp3) is 0.226. The third-order valence-corrected chi connectivity index (χ3v) is 7.90. The molecular formula is C31H29N. The average Bonchev–Trinajstić information content (AvgIpc) is 3.19. The molecule has 0 heterocycles. The van der Waals surface area contributed by atoms with E-state index in [1.54, 1.807) is 0 Å². The lowest BCUT2D eigenvalue weighted by Crippen LogP contribution is -2.16. The van der Waals surface area contributed by atoms with Crippen molar-refractivity contribution in [1.82, 2.24) is 0 Å². The van der Waals surface area contributed by atoms with E-state index in [9.17, 15) is 0 Å². The number of hydrogen-bond donors (Lipinski definition) is 0. The lowest BCUT2D eigenvalue weighted by atomic mass is 9.82. The molecule has 158 valence electrons. The maximum atomic E-state index is 2.38. The minimum atomic E-state index is 0.0175. The average molecular weight is 416 g/mol. The van der Waals surface area contributed by atoms with Crippen molar-refractivity contribution in [3.05, 3.63) is 107 Å². The van der Waals surface area contributed by atoms with Gasteiger partial charge in [0, 0.05) is 34.8 Å². The highest BCUT2D eigenvalue weighted by Gasteiger charge is 2.38. The van der Waals surface area contributed by atoms with Gasteiger partial charge in [-0.1, -0.05) is 94.4 Å². The van der Waals surface area contributed by atoms with Crippen LogP contribution in [0.5, 0.6) is 0 Å². The Morgan fingerprint density at radius 3 is 1.84 bits per heavy atom. The number of rotatable bonds is 2. The molecule has 2 aliphatic rings.